The molecule has 0 aromatic carbocycles. The van der Waals surface area contributed by atoms with E-state index in [9.17, 15) is 4.79 Å². The lowest BCUT2D eigenvalue weighted by Gasteiger charge is -2.24. The van der Waals surface area contributed by atoms with E-state index in [1.807, 2.05) is 18.2 Å². The Labute approximate surface area is 151 Å². The van der Waals surface area contributed by atoms with Crippen molar-refractivity contribution in [3.05, 3.63) is 40.2 Å². The highest BCUT2D eigenvalue weighted by Gasteiger charge is 2.28. The molecule has 0 radical (unpaired) electrons. The lowest BCUT2D eigenvalue weighted by molar-refractivity contribution is 0.0297. The average Bonchev–Trinajstić information content (AvgIpc) is 2.97. The molecule has 0 spiro atoms. The van der Waals surface area contributed by atoms with Crippen LogP contribution in [-0.4, -0.2) is 23.8 Å². The van der Waals surface area contributed by atoms with Crippen LogP contribution < -0.4 is 10.1 Å². The molecule has 0 unspecified atom stereocenters. The molecule has 0 saturated carbocycles. The number of carbonyl (C=O) groups is 1. The molecule has 2 aromatic rings. The molecule has 1 N–H and O–H groups in total. The summed E-state index contributed by atoms with van der Waals surface area (Å²) in [6, 6.07) is 7.39. The smallest absolute Gasteiger partial charge is 0.352 e. The largest absolute Gasteiger partial charge is 0.477 e. The Morgan fingerprint density at radius 2 is 2.24 bits per heavy atom. The number of hydrogen-bond acceptors (Lipinski definition) is 6. The van der Waals surface area contributed by atoms with Gasteiger partial charge in [0.05, 0.1) is 17.2 Å². The lowest BCUT2D eigenvalue weighted by atomic mass is 9.98. The number of anilines is 1. The van der Waals surface area contributed by atoms with Gasteiger partial charge in [0.15, 0.2) is 6.23 Å². The molecule has 5 nitrogen and oxygen atoms in total. The fourth-order valence-corrected chi connectivity index (χ4v) is 3.04. The number of nitrogens with zero attached hydrogens (tertiary/aromatic N) is 1. The van der Waals surface area contributed by atoms with Crippen LogP contribution in [0.5, 0.6) is 5.88 Å². The summed E-state index contributed by atoms with van der Waals surface area (Å²) in [4.78, 5) is 17.7. The third-order valence-corrected chi connectivity index (χ3v) is 4.34. The van der Waals surface area contributed by atoms with E-state index in [0.29, 0.717) is 23.8 Å². The summed E-state index contributed by atoms with van der Waals surface area (Å²) < 4.78 is 11.0. The van der Waals surface area contributed by atoms with E-state index in [1.54, 1.807) is 12.3 Å². The third-order valence-electron chi connectivity index (χ3n) is 3.31. The van der Waals surface area contributed by atoms with Crippen LogP contribution in [0.2, 0.25) is 0 Å². The van der Waals surface area contributed by atoms with Crippen molar-refractivity contribution in [2.75, 3.05) is 11.9 Å². The number of thiophene rings is 1. The maximum absolute atomic E-state index is 12.2. The Bertz CT molecular complexity index is 813. The highest BCUT2D eigenvalue weighted by molar-refractivity contribution is 7.15. The van der Waals surface area contributed by atoms with Crippen LogP contribution in [0.25, 0.3) is 0 Å². The summed E-state index contributed by atoms with van der Waals surface area (Å²) in [6.07, 6.45) is 1.79. The third kappa shape index (κ3) is 4.74. The molecule has 2 aromatic heterocycles. The zero-order valence-corrected chi connectivity index (χ0v) is 15.3. The Hall–Kier alpha value is -2.52. The molecular formula is C19H20N2O3S. The summed E-state index contributed by atoms with van der Waals surface area (Å²) in [5.41, 5.74) is 0.700. The molecule has 25 heavy (non-hydrogen) atoms. The fourth-order valence-electron chi connectivity index (χ4n) is 2.18. The van der Waals surface area contributed by atoms with Gasteiger partial charge in [-0.2, -0.15) is 0 Å². The molecule has 130 valence electrons. The normalized spacial score (nSPS) is 16.1. The summed E-state index contributed by atoms with van der Waals surface area (Å²) in [5.74, 6) is 6.55. The van der Waals surface area contributed by atoms with Gasteiger partial charge in [-0.25, -0.2) is 9.78 Å². The van der Waals surface area contributed by atoms with E-state index in [2.05, 4.69) is 42.9 Å². The number of cyclic esters (lactones) is 1. The van der Waals surface area contributed by atoms with Crippen LogP contribution in [0, 0.1) is 17.3 Å². The van der Waals surface area contributed by atoms with Gasteiger partial charge < -0.3 is 14.8 Å². The summed E-state index contributed by atoms with van der Waals surface area (Å²) in [5, 5.41) is 3.23. The van der Waals surface area contributed by atoms with Gasteiger partial charge in [0, 0.05) is 24.1 Å². The number of esters is 1. The second-order valence-electron chi connectivity index (χ2n) is 6.70. The molecule has 0 saturated heterocycles. The van der Waals surface area contributed by atoms with Crippen molar-refractivity contribution in [3.63, 3.8) is 0 Å². The van der Waals surface area contributed by atoms with Crippen molar-refractivity contribution in [2.24, 2.45) is 5.41 Å². The van der Waals surface area contributed by atoms with Crippen molar-refractivity contribution >= 4 is 23.0 Å². The van der Waals surface area contributed by atoms with Crippen molar-refractivity contribution < 1.29 is 14.3 Å². The van der Waals surface area contributed by atoms with E-state index in [4.69, 9.17) is 9.47 Å². The Balaban J connectivity index is 1.61. The molecule has 0 amide bonds. The van der Waals surface area contributed by atoms with Gasteiger partial charge in [0.2, 0.25) is 5.88 Å². The van der Waals surface area contributed by atoms with Gasteiger partial charge >= 0.3 is 5.97 Å². The highest BCUT2D eigenvalue weighted by atomic mass is 32.1. The zero-order chi connectivity index (χ0) is 17.9. The minimum atomic E-state index is -0.415. The first-order chi connectivity index (χ1) is 11.9. The molecular weight excluding hydrogens is 336 g/mol. The fraction of sp³-hybridized carbons (Fsp3) is 0.368. The molecule has 3 heterocycles. The molecule has 0 aliphatic carbocycles. The molecule has 6 heteroatoms. The summed E-state index contributed by atoms with van der Waals surface area (Å²) >= 11 is 1.35. The topological polar surface area (TPSA) is 60.5 Å². The molecule has 3 rings (SSSR count). The lowest BCUT2D eigenvalue weighted by Crippen LogP contribution is -2.32. The van der Waals surface area contributed by atoms with Crippen LogP contribution in [0.3, 0.4) is 0 Å². The van der Waals surface area contributed by atoms with Gasteiger partial charge in [-0.1, -0.05) is 17.9 Å². The molecule has 1 aliphatic heterocycles. The van der Waals surface area contributed by atoms with E-state index < -0.39 is 6.23 Å². The molecule has 0 bridgehead atoms. The maximum Gasteiger partial charge on any atom is 0.352 e. The van der Waals surface area contributed by atoms with Gasteiger partial charge in [0.25, 0.3) is 0 Å². The number of ether oxygens (including phenoxy) is 2. The van der Waals surface area contributed by atoms with Crippen LogP contribution >= 0.6 is 11.3 Å². The van der Waals surface area contributed by atoms with E-state index in [-0.39, 0.29) is 11.4 Å². The van der Waals surface area contributed by atoms with Gasteiger partial charge in [0.1, 0.15) is 4.88 Å². The maximum atomic E-state index is 12.2. The number of fused-ring (bicyclic) bond motifs is 1. The number of aromatic nitrogens is 1. The Morgan fingerprint density at radius 3 is 2.96 bits per heavy atom. The minimum Gasteiger partial charge on any atom is -0.477 e. The van der Waals surface area contributed by atoms with Crippen molar-refractivity contribution in [2.45, 2.75) is 33.4 Å². The number of nitrogens with one attached hydrogen (secondary N) is 1. The van der Waals surface area contributed by atoms with Crippen LogP contribution in [0.4, 0.5) is 5.69 Å². The number of carbonyl (C=O) groups excluding carboxylic acids is 1. The van der Waals surface area contributed by atoms with E-state index in [1.165, 1.54) is 11.3 Å². The van der Waals surface area contributed by atoms with E-state index in [0.717, 1.165) is 10.6 Å². The SMILES string of the molecule is CC(C)(C)C#Cc1cc2c(s1)C(=O)O[C@@H](CCOc1ccccn1)N2. The van der Waals surface area contributed by atoms with Crippen molar-refractivity contribution in [1.82, 2.24) is 4.98 Å². The standard InChI is InChI=1S/C19H20N2O3S/c1-19(2,3)9-7-13-12-14-17(25-13)18(22)24-16(21-14)8-11-23-15-6-4-5-10-20-15/h4-6,10,12,16,21H,8,11H2,1-3H3/t16-/m0/s1. The Kier molecular flexibility index (Phi) is 4.95. The highest BCUT2D eigenvalue weighted by Crippen LogP contribution is 2.32. The van der Waals surface area contributed by atoms with Gasteiger partial charge in [-0.05, 0) is 32.9 Å². The van der Waals surface area contributed by atoms with Crippen LogP contribution in [0.15, 0.2) is 30.5 Å². The number of hydrogen-bond donors (Lipinski definition) is 1. The monoisotopic (exact) mass is 356 g/mol. The van der Waals surface area contributed by atoms with Gasteiger partial charge in [-0.15, -0.1) is 11.3 Å². The van der Waals surface area contributed by atoms with Crippen LogP contribution in [-0.2, 0) is 4.74 Å². The van der Waals surface area contributed by atoms with Crippen LogP contribution in [0.1, 0.15) is 41.7 Å². The first kappa shape index (κ1) is 17.3. The predicted octanol–water partition coefficient (Wildman–Crippen LogP) is 3.92. The average molecular weight is 356 g/mol. The number of rotatable bonds is 4. The first-order valence-corrected chi connectivity index (χ1v) is 8.91. The van der Waals surface area contributed by atoms with Crippen molar-refractivity contribution in [1.29, 1.82) is 0 Å². The number of pyridine rings is 1. The Morgan fingerprint density at radius 1 is 1.40 bits per heavy atom. The minimum absolute atomic E-state index is 0.0796. The summed E-state index contributed by atoms with van der Waals surface area (Å²) in [6.45, 7) is 6.56. The quantitative estimate of drug-likeness (QED) is 0.665. The molecule has 1 aliphatic rings. The second-order valence-corrected chi connectivity index (χ2v) is 7.75. The zero-order valence-electron chi connectivity index (χ0n) is 14.5. The molecule has 0 fully saturated rings. The second kappa shape index (κ2) is 7.16. The van der Waals surface area contributed by atoms with Crippen molar-refractivity contribution in [3.8, 4) is 17.7 Å². The molecule has 1 atom stereocenters. The summed E-state index contributed by atoms with van der Waals surface area (Å²) in [7, 11) is 0. The first-order valence-electron chi connectivity index (χ1n) is 8.09. The predicted molar refractivity (Wildman–Crippen MR) is 97.8 cm³/mol. The van der Waals surface area contributed by atoms with E-state index >= 15 is 0 Å². The van der Waals surface area contributed by atoms with Gasteiger partial charge in [-0.3, -0.25) is 0 Å².